The Morgan fingerprint density at radius 3 is 2.67 bits per heavy atom. The lowest BCUT2D eigenvalue weighted by Crippen LogP contribution is -1.86. The average Bonchev–Trinajstić information content (AvgIpc) is 2.85. The van der Waals surface area contributed by atoms with Gasteiger partial charge in [0.25, 0.3) is 0 Å². The Balaban J connectivity index is 2.33. The van der Waals surface area contributed by atoms with Crippen LogP contribution >= 0.6 is 11.3 Å². The first-order valence-corrected chi connectivity index (χ1v) is 6.48. The number of benzene rings is 1. The number of fused-ring (bicyclic) bond motifs is 1. The maximum Gasteiger partial charge on any atom is 0.181 e. The second kappa shape index (κ2) is 3.81. The Labute approximate surface area is 108 Å². The van der Waals surface area contributed by atoms with E-state index in [0.29, 0.717) is 5.13 Å². The van der Waals surface area contributed by atoms with Crippen molar-refractivity contribution in [3.63, 3.8) is 0 Å². The van der Waals surface area contributed by atoms with Gasteiger partial charge in [-0.1, -0.05) is 22.6 Å². The van der Waals surface area contributed by atoms with Gasteiger partial charge in [-0.05, 0) is 38.0 Å². The van der Waals surface area contributed by atoms with Gasteiger partial charge in [0.2, 0.25) is 0 Å². The molecule has 1 aromatic carbocycles. The van der Waals surface area contributed by atoms with E-state index in [2.05, 4.69) is 23.1 Å². The highest BCUT2D eigenvalue weighted by Crippen LogP contribution is 2.36. The summed E-state index contributed by atoms with van der Waals surface area (Å²) in [6.45, 7) is 5.97. The number of aryl methyl sites for hydroxylation is 3. The van der Waals surface area contributed by atoms with Crippen molar-refractivity contribution in [1.82, 2.24) is 10.1 Å². The standard InChI is InChI=1S/C13H13N3OS/c1-6-9(11-7(2)16-17-8(11)3)4-5-10-12(6)18-13(14)15-10/h4-5H,1-3H3,(H2,14,15). The summed E-state index contributed by atoms with van der Waals surface area (Å²) in [5, 5.41) is 4.61. The van der Waals surface area contributed by atoms with Gasteiger partial charge in [-0.3, -0.25) is 0 Å². The van der Waals surface area contributed by atoms with E-state index in [4.69, 9.17) is 10.3 Å². The molecule has 0 saturated carbocycles. The molecule has 2 aromatic heterocycles. The molecule has 92 valence electrons. The third kappa shape index (κ3) is 1.51. The number of aromatic nitrogens is 2. The molecular weight excluding hydrogens is 246 g/mol. The van der Waals surface area contributed by atoms with Gasteiger partial charge in [0.15, 0.2) is 5.13 Å². The van der Waals surface area contributed by atoms with Crippen molar-refractivity contribution >= 4 is 26.7 Å². The number of nitrogens with two attached hydrogens (primary N) is 1. The van der Waals surface area contributed by atoms with Gasteiger partial charge in [-0.15, -0.1) is 0 Å². The van der Waals surface area contributed by atoms with E-state index in [0.717, 1.165) is 32.8 Å². The largest absolute Gasteiger partial charge is 0.375 e. The van der Waals surface area contributed by atoms with Crippen LogP contribution in [0.1, 0.15) is 17.0 Å². The smallest absolute Gasteiger partial charge is 0.181 e. The van der Waals surface area contributed by atoms with Gasteiger partial charge in [0.05, 0.1) is 15.9 Å². The first kappa shape index (κ1) is 11.2. The van der Waals surface area contributed by atoms with E-state index < -0.39 is 0 Å². The number of hydrogen-bond acceptors (Lipinski definition) is 5. The molecule has 3 aromatic rings. The molecule has 0 aliphatic rings. The van der Waals surface area contributed by atoms with Crippen LogP contribution in [0.15, 0.2) is 16.7 Å². The van der Waals surface area contributed by atoms with Crippen molar-refractivity contribution in [2.45, 2.75) is 20.8 Å². The van der Waals surface area contributed by atoms with E-state index in [1.165, 1.54) is 16.9 Å². The number of rotatable bonds is 1. The maximum atomic E-state index is 5.76. The lowest BCUT2D eigenvalue weighted by molar-refractivity contribution is 0.393. The number of nitrogen functional groups attached to an aromatic ring is 1. The van der Waals surface area contributed by atoms with Crippen molar-refractivity contribution in [2.24, 2.45) is 0 Å². The second-order valence-corrected chi connectivity index (χ2v) is 5.37. The highest BCUT2D eigenvalue weighted by Gasteiger charge is 2.16. The van der Waals surface area contributed by atoms with Crippen LogP contribution in [0.3, 0.4) is 0 Å². The van der Waals surface area contributed by atoms with Crippen LogP contribution in [-0.2, 0) is 0 Å². The Bertz CT molecular complexity index is 723. The summed E-state index contributed by atoms with van der Waals surface area (Å²) in [7, 11) is 0. The highest BCUT2D eigenvalue weighted by molar-refractivity contribution is 7.22. The fourth-order valence-corrected chi connectivity index (χ4v) is 3.11. The summed E-state index contributed by atoms with van der Waals surface area (Å²) in [4.78, 5) is 4.30. The maximum absolute atomic E-state index is 5.76. The summed E-state index contributed by atoms with van der Waals surface area (Å²) < 4.78 is 6.36. The van der Waals surface area contributed by atoms with E-state index in [1.807, 2.05) is 19.9 Å². The zero-order chi connectivity index (χ0) is 12.9. The first-order valence-electron chi connectivity index (χ1n) is 5.67. The van der Waals surface area contributed by atoms with Gasteiger partial charge < -0.3 is 10.3 Å². The van der Waals surface area contributed by atoms with Gasteiger partial charge in [0, 0.05) is 5.56 Å². The molecule has 0 saturated heterocycles. The van der Waals surface area contributed by atoms with Crippen molar-refractivity contribution in [3.8, 4) is 11.1 Å². The topological polar surface area (TPSA) is 64.9 Å². The van der Waals surface area contributed by atoms with Crippen LogP contribution < -0.4 is 5.73 Å². The molecule has 0 radical (unpaired) electrons. The fourth-order valence-electron chi connectivity index (χ4n) is 2.28. The Hall–Kier alpha value is -1.88. The van der Waals surface area contributed by atoms with Crippen LogP contribution in [0.25, 0.3) is 21.3 Å². The van der Waals surface area contributed by atoms with Gasteiger partial charge in [-0.2, -0.15) is 0 Å². The molecule has 2 N–H and O–H groups in total. The Morgan fingerprint density at radius 1 is 1.22 bits per heavy atom. The number of thiazole rings is 1. The zero-order valence-corrected chi connectivity index (χ0v) is 11.3. The molecule has 0 bridgehead atoms. The summed E-state index contributed by atoms with van der Waals surface area (Å²) in [5.41, 5.74) is 11.0. The van der Waals surface area contributed by atoms with Crippen molar-refractivity contribution < 1.29 is 4.52 Å². The minimum absolute atomic E-state index is 0.601. The molecular formula is C13H13N3OS. The monoisotopic (exact) mass is 259 g/mol. The van der Waals surface area contributed by atoms with E-state index in [-0.39, 0.29) is 0 Å². The number of anilines is 1. The van der Waals surface area contributed by atoms with E-state index in [9.17, 15) is 0 Å². The number of nitrogens with zero attached hydrogens (tertiary/aromatic N) is 2. The molecule has 0 aliphatic heterocycles. The van der Waals surface area contributed by atoms with Crippen LogP contribution in [0.5, 0.6) is 0 Å². The minimum Gasteiger partial charge on any atom is -0.375 e. The summed E-state index contributed by atoms with van der Waals surface area (Å²) in [6.07, 6.45) is 0. The third-order valence-corrected chi connectivity index (χ3v) is 4.14. The Kier molecular flexibility index (Phi) is 2.38. The van der Waals surface area contributed by atoms with Gasteiger partial charge in [-0.25, -0.2) is 4.98 Å². The molecule has 0 fully saturated rings. The lowest BCUT2D eigenvalue weighted by atomic mass is 9.99. The molecule has 0 unspecified atom stereocenters. The van der Waals surface area contributed by atoms with Crippen LogP contribution in [0.4, 0.5) is 5.13 Å². The summed E-state index contributed by atoms with van der Waals surface area (Å²) in [6, 6.07) is 4.06. The molecule has 18 heavy (non-hydrogen) atoms. The third-order valence-electron chi connectivity index (χ3n) is 3.13. The van der Waals surface area contributed by atoms with E-state index >= 15 is 0 Å². The van der Waals surface area contributed by atoms with Crippen molar-refractivity contribution in [2.75, 3.05) is 5.73 Å². The molecule has 0 spiro atoms. The lowest BCUT2D eigenvalue weighted by Gasteiger charge is -2.05. The van der Waals surface area contributed by atoms with Gasteiger partial charge >= 0.3 is 0 Å². The zero-order valence-electron chi connectivity index (χ0n) is 10.4. The molecule has 0 aliphatic carbocycles. The average molecular weight is 259 g/mol. The first-order chi connectivity index (χ1) is 8.58. The predicted octanol–water partition coefficient (Wildman–Crippen LogP) is 3.46. The molecule has 0 atom stereocenters. The predicted molar refractivity (Wildman–Crippen MR) is 73.7 cm³/mol. The van der Waals surface area contributed by atoms with E-state index in [1.54, 1.807) is 0 Å². The molecule has 0 amide bonds. The normalized spacial score (nSPS) is 11.3. The van der Waals surface area contributed by atoms with Crippen molar-refractivity contribution in [3.05, 3.63) is 29.2 Å². The quantitative estimate of drug-likeness (QED) is 0.726. The SMILES string of the molecule is Cc1noc(C)c1-c1ccc2nc(N)sc2c1C. The molecule has 2 heterocycles. The van der Waals surface area contributed by atoms with Crippen LogP contribution in [-0.4, -0.2) is 10.1 Å². The molecule has 4 nitrogen and oxygen atoms in total. The molecule has 3 rings (SSSR count). The second-order valence-electron chi connectivity index (χ2n) is 4.34. The molecule has 5 heteroatoms. The van der Waals surface area contributed by atoms with Crippen LogP contribution in [0, 0.1) is 20.8 Å². The Morgan fingerprint density at radius 2 is 2.00 bits per heavy atom. The number of hydrogen-bond donors (Lipinski definition) is 1. The summed E-state index contributed by atoms with van der Waals surface area (Å²) in [5.74, 6) is 0.840. The minimum atomic E-state index is 0.601. The van der Waals surface area contributed by atoms with Crippen molar-refractivity contribution in [1.29, 1.82) is 0 Å². The fraction of sp³-hybridized carbons (Fsp3) is 0.231. The van der Waals surface area contributed by atoms with Crippen LogP contribution in [0.2, 0.25) is 0 Å². The highest BCUT2D eigenvalue weighted by atomic mass is 32.1. The summed E-state index contributed by atoms with van der Waals surface area (Å²) >= 11 is 1.52. The van der Waals surface area contributed by atoms with Gasteiger partial charge in [0.1, 0.15) is 5.76 Å².